The van der Waals surface area contributed by atoms with Crippen molar-refractivity contribution in [3.05, 3.63) is 47.5 Å². The Labute approximate surface area is 153 Å². The summed E-state index contributed by atoms with van der Waals surface area (Å²) in [5.41, 5.74) is -1.20. The Kier molecular flexibility index (Phi) is 5.69. The van der Waals surface area contributed by atoms with Crippen molar-refractivity contribution in [3.8, 4) is 0 Å². The summed E-state index contributed by atoms with van der Waals surface area (Å²) in [5, 5.41) is 1.42. The van der Waals surface area contributed by atoms with Crippen molar-refractivity contribution in [1.29, 1.82) is 0 Å². The van der Waals surface area contributed by atoms with Crippen molar-refractivity contribution in [3.63, 3.8) is 0 Å². The van der Waals surface area contributed by atoms with Gasteiger partial charge in [-0.1, -0.05) is 50.2 Å². The van der Waals surface area contributed by atoms with E-state index >= 15 is 4.39 Å². The van der Waals surface area contributed by atoms with E-state index in [0.717, 1.165) is 11.7 Å². The molecule has 26 heavy (non-hydrogen) atoms. The molecule has 4 nitrogen and oxygen atoms in total. The van der Waals surface area contributed by atoms with Crippen LogP contribution in [0.2, 0.25) is 0 Å². The Balaban J connectivity index is 0.00000117. The molecule has 1 heterocycles. The minimum absolute atomic E-state index is 0.0493. The van der Waals surface area contributed by atoms with Gasteiger partial charge in [-0.3, -0.25) is 4.79 Å². The number of carbonyl (C=O) groups excluding carboxylic acids is 2. The van der Waals surface area contributed by atoms with Crippen LogP contribution in [0.25, 0.3) is 10.8 Å². The van der Waals surface area contributed by atoms with Crippen molar-refractivity contribution in [2.24, 2.45) is 0 Å². The average Bonchev–Trinajstić information content (AvgIpc) is 2.58. The zero-order valence-corrected chi connectivity index (χ0v) is 16.0. The minimum atomic E-state index is -1.63. The van der Waals surface area contributed by atoms with Crippen molar-refractivity contribution < 1.29 is 18.7 Å². The second-order valence-corrected chi connectivity index (χ2v) is 7.17. The van der Waals surface area contributed by atoms with Crippen LogP contribution in [-0.4, -0.2) is 36.0 Å². The van der Waals surface area contributed by atoms with Crippen molar-refractivity contribution in [1.82, 2.24) is 4.90 Å². The number of nitrogens with zero attached hydrogens (tertiary/aromatic N) is 1. The summed E-state index contributed by atoms with van der Waals surface area (Å²) in [5.74, 6) is 0. The van der Waals surface area contributed by atoms with Crippen molar-refractivity contribution >= 4 is 23.2 Å². The van der Waals surface area contributed by atoms with Crippen LogP contribution in [-0.2, 0) is 10.4 Å². The van der Waals surface area contributed by atoms with Crippen LogP contribution in [0, 0.1) is 0 Å². The van der Waals surface area contributed by atoms with E-state index in [1.807, 2.05) is 26.0 Å². The summed E-state index contributed by atoms with van der Waals surface area (Å²) >= 11 is 0. The molecule has 3 rings (SSSR count). The second-order valence-electron chi connectivity index (χ2n) is 7.17. The van der Waals surface area contributed by atoms with Crippen LogP contribution in [0.4, 0.5) is 9.18 Å². The highest BCUT2D eigenvalue weighted by atomic mass is 19.1. The largest absolute Gasteiger partial charge is 0.444 e. The first-order valence-electron chi connectivity index (χ1n) is 8.88. The maximum absolute atomic E-state index is 15.3. The lowest BCUT2D eigenvalue weighted by molar-refractivity contribution is -0.0531. The number of likely N-dealkylation sites (tertiary alicyclic amines) is 1. The van der Waals surface area contributed by atoms with Gasteiger partial charge in [0.15, 0.2) is 12.0 Å². The lowest BCUT2D eigenvalue weighted by Crippen LogP contribution is -2.59. The molecule has 140 valence electrons. The molecule has 0 spiro atoms. The van der Waals surface area contributed by atoms with Crippen LogP contribution >= 0.6 is 0 Å². The molecule has 0 aromatic heterocycles. The highest BCUT2D eigenvalue weighted by molar-refractivity contribution is 6.00. The molecule has 2 aromatic carbocycles. The third-order valence-electron chi connectivity index (χ3n) is 4.10. The highest BCUT2D eigenvalue weighted by Crippen LogP contribution is 2.40. The van der Waals surface area contributed by atoms with Crippen molar-refractivity contribution in [2.75, 3.05) is 13.1 Å². The molecular formula is C21H26FNO3. The van der Waals surface area contributed by atoms with Crippen molar-refractivity contribution in [2.45, 2.75) is 45.9 Å². The molecular weight excluding hydrogens is 333 g/mol. The number of hydrogen-bond acceptors (Lipinski definition) is 3. The molecule has 0 saturated carbocycles. The molecule has 0 unspecified atom stereocenters. The molecule has 0 N–H and O–H groups in total. The van der Waals surface area contributed by atoms with Gasteiger partial charge in [0, 0.05) is 11.1 Å². The number of hydrogen-bond donors (Lipinski definition) is 0. The summed E-state index contributed by atoms with van der Waals surface area (Å²) in [6, 6.07) is 10.5. The number of aldehydes is 1. The molecule has 1 aliphatic heterocycles. The molecule has 1 aliphatic rings. The Morgan fingerprint density at radius 1 is 1.12 bits per heavy atom. The zero-order chi connectivity index (χ0) is 19.5. The van der Waals surface area contributed by atoms with E-state index < -0.39 is 17.4 Å². The molecule has 0 bridgehead atoms. The number of rotatable bonds is 2. The number of benzene rings is 2. The standard InChI is InChI=1S/C19H20FNO3.C2H6/c1-18(2,3)24-17(23)21-11-19(20,12-21)16-9-8-13(10-22)14-6-4-5-7-15(14)16;1-2/h4-10H,11-12H2,1-3H3;1-2H3. The van der Waals surface area contributed by atoms with Gasteiger partial charge in [0.25, 0.3) is 0 Å². The molecule has 5 heteroatoms. The molecule has 0 radical (unpaired) electrons. The lowest BCUT2D eigenvalue weighted by atomic mass is 9.84. The summed E-state index contributed by atoms with van der Waals surface area (Å²) in [6.45, 7) is 9.23. The first kappa shape index (κ1) is 19.9. The Morgan fingerprint density at radius 2 is 1.69 bits per heavy atom. The van der Waals surface area contributed by atoms with E-state index in [1.165, 1.54) is 4.90 Å². The summed E-state index contributed by atoms with van der Waals surface area (Å²) in [6.07, 6.45) is 0.259. The van der Waals surface area contributed by atoms with Crippen LogP contribution < -0.4 is 0 Å². The summed E-state index contributed by atoms with van der Waals surface area (Å²) in [7, 11) is 0. The predicted octanol–water partition coefficient (Wildman–Crippen LogP) is 5.09. The average molecular weight is 359 g/mol. The molecule has 1 saturated heterocycles. The summed E-state index contributed by atoms with van der Waals surface area (Å²) in [4.78, 5) is 24.5. The summed E-state index contributed by atoms with van der Waals surface area (Å²) < 4.78 is 20.6. The number of alkyl halides is 1. The minimum Gasteiger partial charge on any atom is -0.444 e. The topological polar surface area (TPSA) is 46.6 Å². The quantitative estimate of drug-likeness (QED) is 0.701. The van der Waals surface area contributed by atoms with Crippen LogP contribution in [0.3, 0.4) is 0 Å². The Hall–Kier alpha value is -2.43. The zero-order valence-electron chi connectivity index (χ0n) is 16.0. The number of carbonyl (C=O) groups is 2. The van der Waals surface area contributed by atoms with Gasteiger partial charge in [-0.05, 0) is 31.5 Å². The molecule has 1 fully saturated rings. The Morgan fingerprint density at radius 3 is 2.23 bits per heavy atom. The maximum atomic E-state index is 15.3. The molecule has 2 aromatic rings. The third-order valence-corrected chi connectivity index (χ3v) is 4.10. The first-order valence-corrected chi connectivity index (χ1v) is 8.88. The van der Waals surface area contributed by atoms with Gasteiger partial charge in [-0.2, -0.15) is 0 Å². The van der Waals surface area contributed by atoms with E-state index in [4.69, 9.17) is 4.74 Å². The van der Waals surface area contributed by atoms with Crippen LogP contribution in [0.5, 0.6) is 0 Å². The van der Waals surface area contributed by atoms with E-state index in [0.29, 0.717) is 16.5 Å². The highest BCUT2D eigenvalue weighted by Gasteiger charge is 2.49. The lowest BCUT2D eigenvalue weighted by Gasteiger charge is -2.45. The van der Waals surface area contributed by atoms with Gasteiger partial charge in [-0.25, -0.2) is 9.18 Å². The third kappa shape index (κ3) is 3.87. The predicted molar refractivity (Wildman–Crippen MR) is 101 cm³/mol. The number of amides is 1. The fraction of sp³-hybridized carbons (Fsp3) is 0.429. The number of fused-ring (bicyclic) bond motifs is 1. The molecule has 0 aliphatic carbocycles. The second kappa shape index (κ2) is 7.44. The van der Waals surface area contributed by atoms with E-state index in [1.54, 1.807) is 45.0 Å². The van der Waals surface area contributed by atoms with E-state index in [-0.39, 0.29) is 13.1 Å². The fourth-order valence-corrected chi connectivity index (χ4v) is 3.00. The van der Waals surface area contributed by atoms with E-state index in [2.05, 4.69) is 0 Å². The van der Waals surface area contributed by atoms with Gasteiger partial charge < -0.3 is 9.64 Å². The monoisotopic (exact) mass is 359 g/mol. The van der Waals surface area contributed by atoms with Gasteiger partial charge in [0.1, 0.15) is 5.60 Å². The SMILES string of the molecule is CC.CC(C)(C)OC(=O)N1CC(F)(c2ccc(C=O)c3ccccc23)C1. The smallest absolute Gasteiger partial charge is 0.410 e. The first-order chi connectivity index (χ1) is 12.2. The van der Waals surface area contributed by atoms with Gasteiger partial charge in [0.2, 0.25) is 0 Å². The van der Waals surface area contributed by atoms with Gasteiger partial charge in [0.05, 0.1) is 13.1 Å². The van der Waals surface area contributed by atoms with Crippen LogP contribution in [0.1, 0.15) is 50.5 Å². The molecule has 1 amide bonds. The Bertz CT molecular complexity index is 804. The normalized spacial score (nSPS) is 15.5. The molecule has 0 atom stereocenters. The van der Waals surface area contributed by atoms with Crippen LogP contribution in [0.15, 0.2) is 36.4 Å². The maximum Gasteiger partial charge on any atom is 0.410 e. The number of ether oxygens (including phenoxy) is 1. The number of halogens is 1. The van der Waals surface area contributed by atoms with Gasteiger partial charge in [-0.15, -0.1) is 0 Å². The fourth-order valence-electron chi connectivity index (χ4n) is 3.00. The van der Waals surface area contributed by atoms with Gasteiger partial charge >= 0.3 is 6.09 Å². The van der Waals surface area contributed by atoms with E-state index in [9.17, 15) is 9.59 Å².